The maximum absolute atomic E-state index is 14.6. The van der Waals surface area contributed by atoms with Crippen molar-refractivity contribution in [3.05, 3.63) is 75.7 Å². The Morgan fingerprint density at radius 1 is 0.716 bits per heavy atom. The van der Waals surface area contributed by atoms with E-state index >= 15 is 0 Å². The largest absolute Gasteiger partial charge is 0.444 e. The molecule has 15 heteroatoms. The highest BCUT2D eigenvalue weighted by Crippen LogP contribution is 2.30. The molecule has 0 spiro atoms. The van der Waals surface area contributed by atoms with Gasteiger partial charge in [0.25, 0.3) is 5.56 Å². The van der Waals surface area contributed by atoms with Crippen LogP contribution in [0.15, 0.2) is 53.5 Å². The van der Waals surface area contributed by atoms with Crippen molar-refractivity contribution in [1.29, 1.82) is 0 Å². The number of amides is 3. The quantitative estimate of drug-likeness (QED) is 0.155. The van der Waals surface area contributed by atoms with Crippen LogP contribution in [0, 0.1) is 18.8 Å². The summed E-state index contributed by atoms with van der Waals surface area (Å²) in [5.74, 6) is -0.732. The first-order valence-corrected chi connectivity index (χ1v) is 25.3. The number of piperidine rings is 2. The molecule has 1 atom stereocenters. The number of ether oxygens (including phenoxy) is 2. The molecule has 2 aliphatic carbocycles. The summed E-state index contributed by atoms with van der Waals surface area (Å²) in [5, 5.41) is 9.71. The van der Waals surface area contributed by atoms with Crippen molar-refractivity contribution in [2.24, 2.45) is 11.8 Å². The first-order chi connectivity index (χ1) is 32.6. The summed E-state index contributed by atoms with van der Waals surface area (Å²) in [6.07, 6.45) is 15.5. The zero-order valence-electron chi connectivity index (χ0n) is 39.7. The lowest BCUT2D eigenvalue weighted by Gasteiger charge is -2.43. The molecule has 5 fully saturated rings. The lowest BCUT2D eigenvalue weighted by molar-refractivity contribution is -0.154. The number of hydrogen-bond donors (Lipinski definition) is 1. The second-order valence-corrected chi connectivity index (χ2v) is 20.1. The normalized spacial score (nSPS) is 20.6. The van der Waals surface area contributed by atoms with E-state index in [9.17, 15) is 24.0 Å². The SMILES string of the molecule is Cc1cc(C[C@@H](NC(=O)N2CCC(c3cc4ccccc4n(COC(=O)C4CCCCC4)c3=O)CC2)C(=O)N2CCN(C3CCN(C)CC3)CC2)cc2cn(COC(=O)C3CCCCC3)nc12. The number of nitrogens with one attached hydrogen (secondary N) is 1. The Bertz CT molecular complexity index is 2450. The number of carbonyl (C=O) groups excluding carboxylic acids is 4. The number of esters is 2. The van der Waals surface area contributed by atoms with Crippen LogP contribution in [0.25, 0.3) is 21.8 Å². The van der Waals surface area contributed by atoms with Gasteiger partial charge in [-0.15, -0.1) is 0 Å². The molecule has 67 heavy (non-hydrogen) atoms. The summed E-state index contributed by atoms with van der Waals surface area (Å²) < 4.78 is 14.8. The topological polar surface area (TPSA) is 152 Å². The molecule has 0 radical (unpaired) electrons. The van der Waals surface area contributed by atoms with Gasteiger partial charge in [-0.25, -0.2) is 9.48 Å². The van der Waals surface area contributed by atoms with E-state index in [0.29, 0.717) is 57.0 Å². The highest BCUT2D eigenvalue weighted by atomic mass is 16.5. The van der Waals surface area contributed by atoms with E-state index in [4.69, 9.17) is 14.6 Å². The molecule has 4 aromatic rings. The predicted molar refractivity (Wildman–Crippen MR) is 256 cm³/mol. The molecule has 360 valence electrons. The van der Waals surface area contributed by atoms with Crippen LogP contribution in [0.2, 0.25) is 0 Å². The second-order valence-electron chi connectivity index (χ2n) is 20.1. The first-order valence-electron chi connectivity index (χ1n) is 25.3. The fourth-order valence-corrected chi connectivity index (χ4v) is 11.5. The minimum absolute atomic E-state index is 0.0437. The summed E-state index contributed by atoms with van der Waals surface area (Å²) in [4.78, 5) is 77.5. The Morgan fingerprint density at radius 3 is 2.03 bits per heavy atom. The zero-order valence-corrected chi connectivity index (χ0v) is 39.7. The molecular weight excluding hydrogens is 849 g/mol. The van der Waals surface area contributed by atoms with Gasteiger partial charge in [-0.2, -0.15) is 5.10 Å². The fourth-order valence-electron chi connectivity index (χ4n) is 11.5. The number of aromatic nitrogens is 3. The van der Waals surface area contributed by atoms with Crippen molar-refractivity contribution in [3.8, 4) is 0 Å². The lowest BCUT2D eigenvalue weighted by atomic mass is 9.89. The zero-order chi connectivity index (χ0) is 46.4. The molecule has 3 amide bonds. The van der Waals surface area contributed by atoms with Crippen molar-refractivity contribution in [2.45, 2.75) is 135 Å². The van der Waals surface area contributed by atoms with Crippen molar-refractivity contribution in [2.75, 3.05) is 59.4 Å². The van der Waals surface area contributed by atoms with Gasteiger partial charge >= 0.3 is 18.0 Å². The van der Waals surface area contributed by atoms with Crippen molar-refractivity contribution >= 4 is 45.7 Å². The lowest BCUT2D eigenvalue weighted by Crippen LogP contribution is -2.59. The van der Waals surface area contributed by atoms with E-state index in [2.05, 4.69) is 22.2 Å². The number of pyridine rings is 1. The van der Waals surface area contributed by atoms with Gasteiger partial charge in [0.1, 0.15) is 6.04 Å². The summed E-state index contributed by atoms with van der Waals surface area (Å²) in [6, 6.07) is 13.2. The highest BCUT2D eigenvalue weighted by molar-refractivity contribution is 5.88. The van der Waals surface area contributed by atoms with Crippen LogP contribution in [0.5, 0.6) is 0 Å². The van der Waals surface area contributed by atoms with E-state index < -0.39 is 6.04 Å². The standard InChI is InChI=1S/C52H70N8O7/c1-36-29-37(30-42-33-59(54-47(36)42)34-66-50(63)39-11-5-3-6-12-39)31-45(49(62)57-27-25-56(26-28-57)43-19-21-55(2)22-20-43)53-52(65)58-23-17-38(18-24-58)44-32-41-15-9-10-16-46(41)60(48(44)61)35-67-51(64)40-13-7-4-8-14-40/h9-10,15-16,29-30,32-33,38-40,43,45H,3-8,11-14,17-28,31,34-35H2,1-2H3,(H,53,65)/t45-/m1/s1. The number of rotatable bonds is 12. The Kier molecular flexibility index (Phi) is 14.9. The third kappa shape index (κ3) is 11.0. The van der Waals surface area contributed by atoms with Crippen molar-refractivity contribution in [3.63, 3.8) is 0 Å². The molecule has 3 aliphatic heterocycles. The summed E-state index contributed by atoms with van der Waals surface area (Å²) in [6.45, 7) is 7.76. The number of fused-ring (bicyclic) bond motifs is 2. The van der Waals surface area contributed by atoms with Gasteiger partial charge in [0.05, 0.1) is 22.9 Å². The Hall–Kier alpha value is -5.28. The molecule has 0 bridgehead atoms. The monoisotopic (exact) mass is 919 g/mol. The van der Waals surface area contributed by atoms with Gasteiger partial charge in [0, 0.05) is 68.9 Å². The summed E-state index contributed by atoms with van der Waals surface area (Å²) in [5.41, 5.74) is 3.86. The van der Waals surface area contributed by atoms with E-state index in [0.717, 1.165) is 130 Å². The second kappa shape index (κ2) is 21.3. The first kappa shape index (κ1) is 46.8. The maximum Gasteiger partial charge on any atom is 0.318 e. The maximum atomic E-state index is 14.6. The van der Waals surface area contributed by atoms with Crippen molar-refractivity contribution < 1.29 is 28.7 Å². The van der Waals surface area contributed by atoms with Gasteiger partial charge in [-0.1, -0.05) is 62.8 Å². The van der Waals surface area contributed by atoms with Gasteiger partial charge < -0.3 is 29.5 Å². The number of para-hydroxylation sites is 1. The third-order valence-electron chi connectivity index (χ3n) is 15.6. The van der Waals surface area contributed by atoms with Gasteiger partial charge in [0.2, 0.25) is 5.91 Å². The summed E-state index contributed by atoms with van der Waals surface area (Å²) in [7, 11) is 2.17. The summed E-state index contributed by atoms with van der Waals surface area (Å²) >= 11 is 0. The molecule has 2 aromatic heterocycles. The average molecular weight is 919 g/mol. The molecule has 2 aromatic carbocycles. The van der Waals surface area contributed by atoms with E-state index in [1.54, 1.807) is 14.1 Å². The number of hydrogen-bond acceptors (Lipinski definition) is 10. The molecule has 5 heterocycles. The molecule has 2 saturated carbocycles. The smallest absolute Gasteiger partial charge is 0.318 e. The van der Waals surface area contributed by atoms with Crippen LogP contribution >= 0.6 is 0 Å². The van der Waals surface area contributed by atoms with Crippen molar-refractivity contribution in [1.82, 2.24) is 39.3 Å². The number of urea groups is 1. The number of benzene rings is 2. The molecule has 5 aliphatic rings. The predicted octanol–water partition coefficient (Wildman–Crippen LogP) is 6.56. The third-order valence-corrected chi connectivity index (χ3v) is 15.6. The number of piperazine rings is 1. The number of carbonyl (C=O) groups is 4. The van der Waals surface area contributed by atoms with Crippen LogP contribution in [0.3, 0.4) is 0 Å². The number of likely N-dealkylation sites (tertiary alicyclic amines) is 2. The number of nitrogens with zero attached hydrogens (tertiary/aromatic N) is 7. The van der Waals surface area contributed by atoms with Crippen LogP contribution in [-0.4, -0.2) is 129 Å². The van der Waals surface area contributed by atoms with Crippen LogP contribution in [-0.2, 0) is 43.7 Å². The van der Waals surface area contributed by atoms with E-state index in [1.807, 2.05) is 60.5 Å². The highest BCUT2D eigenvalue weighted by Gasteiger charge is 2.35. The van der Waals surface area contributed by atoms with Crippen LogP contribution in [0.4, 0.5) is 4.79 Å². The van der Waals surface area contributed by atoms with Gasteiger partial charge in [-0.3, -0.25) is 28.6 Å². The van der Waals surface area contributed by atoms with E-state index in [1.165, 1.54) is 6.42 Å². The van der Waals surface area contributed by atoms with E-state index in [-0.39, 0.29) is 60.7 Å². The van der Waals surface area contributed by atoms with Gasteiger partial charge in [-0.05, 0) is 119 Å². The molecule has 1 N–H and O–H groups in total. The minimum atomic E-state index is -0.799. The molecular formula is C52H70N8O7. The Morgan fingerprint density at radius 2 is 1.36 bits per heavy atom. The Balaban J connectivity index is 0.880. The minimum Gasteiger partial charge on any atom is -0.444 e. The Labute approximate surface area is 394 Å². The molecule has 0 unspecified atom stereocenters. The van der Waals surface area contributed by atoms with Crippen LogP contribution < -0.4 is 10.9 Å². The number of aryl methyl sites for hydroxylation is 1. The molecule has 15 nitrogen and oxygen atoms in total. The van der Waals surface area contributed by atoms with Gasteiger partial charge in [0.15, 0.2) is 13.5 Å². The molecule has 3 saturated heterocycles. The van der Waals surface area contributed by atoms with Crippen LogP contribution in [0.1, 0.15) is 112 Å². The molecule has 9 rings (SSSR count). The fraction of sp³-hybridized carbons (Fsp3) is 0.615. The average Bonchev–Trinajstić information content (AvgIpc) is 3.79.